The van der Waals surface area contributed by atoms with Gasteiger partial charge < -0.3 is 15.1 Å². The molecule has 0 bridgehead atoms. The number of nitrogens with zero attached hydrogens (tertiary/aromatic N) is 2. The van der Waals surface area contributed by atoms with E-state index in [1.54, 1.807) is 22.3 Å². The number of aliphatic hydroxyl groups excluding tert-OH is 1. The molecule has 1 amide bonds. The zero-order chi connectivity index (χ0) is 16.4. The second-order valence-corrected chi connectivity index (χ2v) is 7.39. The molecule has 1 unspecified atom stereocenters. The largest absolute Gasteiger partial charge is 0.393 e. The molecule has 1 saturated heterocycles. The highest BCUT2D eigenvalue weighted by molar-refractivity contribution is 7.15. The van der Waals surface area contributed by atoms with Gasteiger partial charge in [-0.1, -0.05) is 0 Å². The van der Waals surface area contributed by atoms with Crippen LogP contribution in [0.2, 0.25) is 0 Å². The first kappa shape index (κ1) is 16.2. The maximum atomic E-state index is 12.6. The van der Waals surface area contributed by atoms with E-state index in [-0.39, 0.29) is 12.5 Å². The summed E-state index contributed by atoms with van der Waals surface area (Å²) in [7, 11) is 0. The molecule has 0 saturated carbocycles. The number of amides is 1. The fourth-order valence-corrected chi connectivity index (χ4v) is 3.67. The first-order chi connectivity index (χ1) is 11.0. The van der Waals surface area contributed by atoms with Gasteiger partial charge >= 0.3 is 0 Å². The quantitative estimate of drug-likeness (QED) is 0.798. The van der Waals surface area contributed by atoms with Crippen LogP contribution < -0.4 is 0 Å². The molecule has 6 nitrogen and oxygen atoms in total. The maximum absolute atomic E-state index is 12.6. The van der Waals surface area contributed by atoms with Gasteiger partial charge in [-0.25, -0.2) is 0 Å². The van der Waals surface area contributed by atoms with Crippen LogP contribution in [0.4, 0.5) is 0 Å². The summed E-state index contributed by atoms with van der Waals surface area (Å²) < 4.78 is 0. The molecular formula is C16H21N3O3S. The third kappa shape index (κ3) is 3.46. The summed E-state index contributed by atoms with van der Waals surface area (Å²) in [6, 6.07) is 5.82. The summed E-state index contributed by atoms with van der Waals surface area (Å²) >= 11 is 1.65. The molecule has 0 spiro atoms. The van der Waals surface area contributed by atoms with Gasteiger partial charge in [-0.3, -0.25) is 9.89 Å². The number of aryl methyl sites for hydroxylation is 1. The van der Waals surface area contributed by atoms with Crippen molar-refractivity contribution < 1.29 is 15.0 Å². The number of hydrogen-bond donors (Lipinski definition) is 3. The lowest BCUT2D eigenvalue weighted by Crippen LogP contribution is -2.36. The molecule has 3 N–H and O–H groups in total. The topological polar surface area (TPSA) is 89.5 Å². The lowest BCUT2D eigenvalue weighted by molar-refractivity contribution is -0.0250. The Kier molecular flexibility index (Phi) is 4.52. The number of H-pyrrole nitrogens is 1. The lowest BCUT2D eigenvalue weighted by Gasteiger charge is -2.24. The average Bonchev–Trinajstić information content (AvgIpc) is 3.14. The van der Waals surface area contributed by atoms with Crippen LogP contribution in [-0.4, -0.2) is 56.5 Å². The van der Waals surface area contributed by atoms with Crippen molar-refractivity contribution in [3.05, 3.63) is 28.8 Å². The molecule has 7 heteroatoms. The van der Waals surface area contributed by atoms with E-state index in [9.17, 15) is 15.0 Å². The van der Waals surface area contributed by atoms with E-state index in [0.29, 0.717) is 38.0 Å². The van der Waals surface area contributed by atoms with Crippen molar-refractivity contribution >= 4 is 17.2 Å². The van der Waals surface area contributed by atoms with Crippen molar-refractivity contribution in [2.75, 3.05) is 19.7 Å². The molecule has 1 atom stereocenters. The van der Waals surface area contributed by atoms with Crippen LogP contribution in [0.3, 0.4) is 0 Å². The molecule has 124 valence electrons. The van der Waals surface area contributed by atoms with E-state index < -0.39 is 5.60 Å². The molecule has 23 heavy (non-hydrogen) atoms. The molecule has 1 aliphatic heterocycles. The summed E-state index contributed by atoms with van der Waals surface area (Å²) in [6.45, 7) is 2.77. The van der Waals surface area contributed by atoms with E-state index in [1.165, 1.54) is 4.88 Å². The Bertz CT molecular complexity index is 696. The standard InChI is InChI=1S/C16H21N3O3S/c1-11-3-4-14(23-11)12-9-13(18-17-12)15(21)19-7-2-5-16(22,10-20)6-8-19/h3-4,9,20,22H,2,5-8,10H2,1H3,(H,17,18). The van der Waals surface area contributed by atoms with Gasteiger partial charge in [0, 0.05) is 18.0 Å². The van der Waals surface area contributed by atoms with Crippen LogP contribution in [0.1, 0.15) is 34.6 Å². The summed E-state index contributed by atoms with van der Waals surface area (Å²) in [4.78, 5) is 16.6. The van der Waals surface area contributed by atoms with E-state index in [2.05, 4.69) is 10.2 Å². The number of aromatic amines is 1. The Morgan fingerprint density at radius 1 is 1.43 bits per heavy atom. The Labute approximate surface area is 138 Å². The van der Waals surface area contributed by atoms with Crippen molar-refractivity contribution in [2.45, 2.75) is 31.8 Å². The summed E-state index contributed by atoms with van der Waals surface area (Å²) in [5.41, 5.74) is 0.161. The number of aliphatic hydroxyl groups is 2. The molecule has 0 radical (unpaired) electrons. The van der Waals surface area contributed by atoms with Crippen molar-refractivity contribution in [2.24, 2.45) is 0 Å². The first-order valence-electron chi connectivity index (χ1n) is 7.75. The van der Waals surface area contributed by atoms with Crippen LogP contribution in [-0.2, 0) is 0 Å². The highest BCUT2D eigenvalue weighted by Crippen LogP contribution is 2.27. The Balaban J connectivity index is 1.72. The van der Waals surface area contributed by atoms with Gasteiger partial charge in [-0.2, -0.15) is 5.10 Å². The first-order valence-corrected chi connectivity index (χ1v) is 8.57. The van der Waals surface area contributed by atoms with Crippen molar-refractivity contribution in [1.82, 2.24) is 15.1 Å². The Morgan fingerprint density at radius 3 is 2.96 bits per heavy atom. The predicted molar refractivity (Wildman–Crippen MR) is 88.4 cm³/mol. The van der Waals surface area contributed by atoms with Crippen LogP contribution in [0.15, 0.2) is 18.2 Å². The normalized spacial score (nSPS) is 22.1. The van der Waals surface area contributed by atoms with Crippen molar-refractivity contribution in [1.29, 1.82) is 0 Å². The van der Waals surface area contributed by atoms with E-state index >= 15 is 0 Å². The third-order valence-electron chi connectivity index (χ3n) is 4.30. The van der Waals surface area contributed by atoms with Crippen LogP contribution in [0.25, 0.3) is 10.6 Å². The van der Waals surface area contributed by atoms with E-state index in [1.807, 2.05) is 19.1 Å². The van der Waals surface area contributed by atoms with Crippen molar-refractivity contribution in [3.8, 4) is 10.6 Å². The Morgan fingerprint density at radius 2 is 2.26 bits per heavy atom. The van der Waals surface area contributed by atoms with Crippen LogP contribution in [0.5, 0.6) is 0 Å². The van der Waals surface area contributed by atoms with Gasteiger partial charge in [-0.15, -0.1) is 11.3 Å². The number of carbonyl (C=O) groups excluding carboxylic acids is 1. The molecule has 2 aromatic heterocycles. The fourth-order valence-electron chi connectivity index (χ4n) is 2.84. The maximum Gasteiger partial charge on any atom is 0.274 e. The van der Waals surface area contributed by atoms with Gasteiger partial charge in [0.25, 0.3) is 5.91 Å². The van der Waals surface area contributed by atoms with Gasteiger partial charge in [0.15, 0.2) is 5.69 Å². The highest BCUT2D eigenvalue weighted by Gasteiger charge is 2.31. The van der Waals surface area contributed by atoms with E-state index in [4.69, 9.17) is 0 Å². The molecule has 1 aliphatic rings. The molecule has 0 aliphatic carbocycles. The second kappa shape index (κ2) is 6.43. The summed E-state index contributed by atoms with van der Waals surface area (Å²) in [5.74, 6) is -0.136. The van der Waals surface area contributed by atoms with Gasteiger partial charge in [0.1, 0.15) is 0 Å². The van der Waals surface area contributed by atoms with E-state index in [0.717, 1.165) is 10.6 Å². The highest BCUT2D eigenvalue weighted by atomic mass is 32.1. The minimum absolute atomic E-state index is 0.136. The van der Waals surface area contributed by atoms with Crippen LogP contribution in [0, 0.1) is 6.92 Å². The molecule has 0 aromatic carbocycles. The minimum Gasteiger partial charge on any atom is -0.393 e. The fraction of sp³-hybridized carbons (Fsp3) is 0.500. The Hall–Kier alpha value is -1.70. The number of rotatable bonds is 3. The monoisotopic (exact) mass is 335 g/mol. The number of nitrogens with one attached hydrogen (secondary N) is 1. The zero-order valence-corrected chi connectivity index (χ0v) is 13.9. The summed E-state index contributed by atoms with van der Waals surface area (Å²) in [5, 5.41) is 26.5. The zero-order valence-electron chi connectivity index (χ0n) is 13.1. The lowest BCUT2D eigenvalue weighted by atomic mass is 9.96. The number of aromatic nitrogens is 2. The SMILES string of the molecule is Cc1ccc(-c2cc(C(=O)N3CCCC(O)(CO)CC3)n[nH]2)s1. The number of likely N-dealkylation sites (tertiary alicyclic amines) is 1. The smallest absolute Gasteiger partial charge is 0.274 e. The van der Waals surface area contributed by atoms with Gasteiger partial charge in [0.05, 0.1) is 22.8 Å². The third-order valence-corrected chi connectivity index (χ3v) is 5.34. The molecule has 3 rings (SSSR count). The number of carbonyl (C=O) groups is 1. The molecule has 1 fully saturated rings. The second-order valence-electron chi connectivity index (χ2n) is 6.11. The van der Waals surface area contributed by atoms with Gasteiger partial charge in [0.2, 0.25) is 0 Å². The summed E-state index contributed by atoms with van der Waals surface area (Å²) in [6.07, 6.45) is 1.56. The van der Waals surface area contributed by atoms with Crippen molar-refractivity contribution in [3.63, 3.8) is 0 Å². The molecular weight excluding hydrogens is 314 g/mol. The number of hydrogen-bond acceptors (Lipinski definition) is 5. The van der Waals surface area contributed by atoms with Crippen LogP contribution >= 0.6 is 11.3 Å². The number of thiophene rings is 1. The molecule has 3 heterocycles. The average molecular weight is 335 g/mol. The predicted octanol–water partition coefficient (Wildman–Crippen LogP) is 1.80. The van der Waals surface area contributed by atoms with Gasteiger partial charge in [-0.05, 0) is 44.4 Å². The minimum atomic E-state index is -1.07. The molecule has 2 aromatic rings.